The van der Waals surface area contributed by atoms with Gasteiger partial charge in [0.2, 0.25) is 0 Å². The first-order valence-electron chi connectivity index (χ1n) is 5.91. The van der Waals surface area contributed by atoms with Crippen molar-refractivity contribution in [2.45, 2.75) is 6.04 Å². The summed E-state index contributed by atoms with van der Waals surface area (Å²) in [6, 6.07) is 3.49. The van der Waals surface area contributed by atoms with Crippen molar-refractivity contribution in [3.05, 3.63) is 38.7 Å². The van der Waals surface area contributed by atoms with Crippen LogP contribution in [0.25, 0.3) is 6.08 Å². The Morgan fingerprint density at radius 1 is 1.41 bits per heavy atom. The molecule has 1 saturated heterocycles. The van der Waals surface area contributed by atoms with Gasteiger partial charge in [0.1, 0.15) is 4.32 Å². The number of nitrogens with zero attached hydrogens (tertiary/aromatic N) is 1. The molecule has 0 spiro atoms. The van der Waals surface area contributed by atoms with Gasteiger partial charge in [-0.3, -0.25) is 9.69 Å². The van der Waals surface area contributed by atoms with Crippen LogP contribution in [-0.2, 0) is 9.59 Å². The molecule has 1 aliphatic heterocycles. The number of rotatable bonds is 4. The van der Waals surface area contributed by atoms with Crippen LogP contribution in [0.4, 0.5) is 0 Å². The van der Waals surface area contributed by atoms with E-state index in [0.29, 0.717) is 15.6 Å². The number of carboxylic acid groups (broad SMARTS) is 1. The van der Waals surface area contributed by atoms with Gasteiger partial charge in [-0.2, -0.15) is 0 Å². The Morgan fingerprint density at radius 3 is 2.50 bits per heavy atom. The molecule has 0 unspecified atom stereocenters. The summed E-state index contributed by atoms with van der Waals surface area (Å²) in [5.74, 6) is -1.94. The van der Waals surface area contributed by atoms with Gasteiger partial charge in [0.05, 0.1) is 11.5 Å². The van der Waals surface area contributed by atoms with E-state index in [-0.39, 0.29) is 9.23 Å². The lowest BCUT2D eigenvalue weighted by Gasteiger charge is -2.20. The van der Waals surface area contributed by atoms with Gasteiger partial charge in [-0.05, 0) is 18.2 Å². The Labute approximate surface area is 145 Å². The number of hydrogen-bond acceptors (Lipinski definition) is 5. The van der Waals surface area contributed by atoms with Gasteiger partial charge in [-0.15, -0.1) is 0 Å². The summed E-state index contributed by atoms with van der Waals surface area (Å²) < 4.78 is 0.0564. The summed E-state index contributed by atoms with van der Waals surface area (Å²) in [4.78, 5) is 24.5. The lowest BCUT2D eigenvalue weighted by Crippen LogP contribution is -2.46. The van der Waals surface area contributed by atoms with Gasteiger partial charge in [0.25, 0.3) is 5.91 Å². The average Bonchev–Trinajstić information content (AvgIpc) is 2.71. The number of thiocarbonyl (C=S) groups is 1. The largest absolute Gasteiger partial charge is 0.480 e. The van der Waals surface area contributed by atoms with E-state index in [0.717, 1.165) is 16.7 Å². The number of hydrogen-bond donors (Lipinski definition) is 2. The van der Waals surface area contributed by atoms with E-state index in [2.05, 4.69) is 0 Å². The Bertz CT molecular complexity index is 672. The van der Waals surface area contributed by atoms with Crippen LogP contribution in [0.15, 0.2) is 23.1 Å². The number of halogens is 2. The number of carboxylic acids is 1. The Morgan fingerprint density at radius 2 is 2.00 bits per heavy atom. The van der Waals surface area contributed by atoms with Gasteiger partial charge < -0.3 is 10.2 Å². The zero-order valence-corrected chi connectivity index (χ0v) is 14.0. The summed E-state index contributed by atoms with van der Waals surface area (Å²) in [7, 11) is 0. The molecular weight excluding hydrogens is 369 g/mol. The smallest absolute Gasteiger partial charge is 0.329 e. The molecule has 1 atom stereocenters. The standard InChI is InChI=1S/C13H9Cl2NO4S2/c14-7-2-1-3-8(15)6(7)4-10-11(18)16(13(21)22-10)9(5-17)12(19)20/h1-4,9,17H,5H2,(H,19,20)/b10-4-/t9-/m0/s1. The van der Waals surface area contributed by atoms with E-state index in [1.807, 2.05) is 0 Å². The molecule has 5 nitrogen and oxygen atoms in total. The van der Waals surface area contributed by atoms with Crippen LogP contribution in [0.2, 0.25) is 10.0 Å². The minimum Gasteiger partial charge on any atom is -0.480 e. The Balaban J connectivity index is 2.40. The number of thioether (sulfide) groups is 1. The molecule has 2 rings (SSSR count). The van der Waals surface area contributed by atoms with E-state index >= 15 is 0 Å². The van der Waals surface area contributed by atoms with Crippen molar-refractivity contribution in [1.29, 1.82) is 0 Å². The molecule has 1 heterocycles. The quantitative estimate of drug-likeness (QED) is 0.620. The maximum absolute atomic E-state index is 12.3. The van der Waals surface area contributed by atoms with E-state index in [9.17, 15) is 9.59 Å². The summed E-state index contributed by atoms with van der Waals surface area (Å²) in [5.41, 5.74) is 0.446. The van der Waals surface area contributed by atoms with Gasteiger partial charge in [-0.1, -0.05) is 53.2 Å². The molecule has 0 saturated carbocycles. The third-order valence-electron chi connectivity index (χ3n) is 2.87. The highest BCUT2D eigenvalue weighted by atomic mass is 35.5. The predicted octanol–water partition coefficient (Wildman–Crippen LogP) is 2.64. The first-order valence-corrected chi connectivity index (χ1v) is 7.89. The molecule has 1 aromatic carbocycles. The van der Waals surface area contributed by atoms with Crippen molar-refractivity contribution >= 4 is 69.5 Å². The second-order valence-corrected chi connectivity index (χ2v) is 6.71. The van der Waals surface area contributed by atoms with Crippen molar-refractivity contribution in [2.75, 3.05) is 6.61 Å². The van der Waals surface area contributed by atoms with Crippen LogP contribution in [-0.4, -0.2) is 44.0 Å². The lowest BCUT2D eigenvalue weighted by atomic mass is 10.2. The molecule has 22 heavy (non-hydrogen) atoms. The summed E-state index contributed by atoms with van der Waals surface area (Å²) in [6.07, 6.45) is 1.46. The maximum atomic E-state index is 12.3. The number of aliphatic hydroxyl groups excluding tert-OH is 1. The highest BCUT2D eigenvalue weighted by molar-refractivity contribution is 8.26. The van der Waals surface area contributed by atoms with Crippen molar-refractivity contribution in [2.24, 2.45) is 0 Å². The molecule has 1 fully saturated rings. The van der Waals surface area contributed by atoms with Crippen molar-refractivity contribution in [3.8, 4) is 0 Å². The molecule has 0 aliphatic carbocycles. The van der Waals surface area contributed by atoms with Crippen LogP contribution in [0.5, 0.6) is 0 Å². The number of aliphatic carboxylic acids is 1. The van der Waals surface area contributed by atoms with Crippen LogP contribution >= 0.6 is 47.2 Å². The monoisotopic (exact) mass is 377 g/mol. The summed E-state index contributed by atoms with van der Waals surface area (Å²) >= 11 is 18.0. The molecule has 0 radical (unpaired) electrons. The van der Waals surface area contributed by atoms with Gasteiger partial charge >= 0.3 is 5.97 Å². The van der Waals surface area contributed by atoms with E-state index in [1.54, 1.807) is 18.2 Å². The van der Waals surface area contributed by atoms with E-state index in [4.69, 9.17) is 45.6 Å². The minimum atomic E-state index is -1.42. The second-order valence-electron chi connectivity index (χ2n) is 4.22. The first-order chi connectivity index (χ1) is 10.4. The fourth-order valence-electron chi connectivity index (χ4n) is 1.80. The van der Waals surface area contributed by atoms with E-state index < -0.39 is 24.5 Å². The highest BCUT2D eigenvalue weighted by Gasteiger charge is 2.40. The number of carbonyl (C=O) groups is 2. The van der Waals surface area contributed by atoms with Gasteiger partial charge in [-0.25, -0.2) is 4.79 Å². The molecule has 1 amide bonds. The Hall–Kier alpha value is -1.12. The Kier molecular flexibility index (Phi) is 5.46. The van der Waals surface area contributed by atoms with Crippen LogP contribution in [0, 0.1) is 0 Å². The van der Waals surface area contributed by atoms with Crippen molar-refractivity contribution in [1.82, 2.24) is 4.90 Å². The van der Waals surface area contributed by atoms with Gasteiger partial charge in [0.15, 0.2) is 6.04 Å². The molecule has 1 aromatic rings. The number of aliphatic hydroxyl groups is 1. The second kappa shape index (κ2) is 6.97. The fourth-order valence-corrected chi connectivity index (χ4v) is 3.64. The third kappa shape index (κ3) is 3.28. The SMILES string of the molecule is O=C(O)[C@H](CO)N1C(=O)/C(=C/c2c(Cl)cccc2Cl)SC1=S. The third-order valence-corrected chi connectivity index (χ3v) is 4.86. The molecule has 1 aliphatic rings. The zero-order valence-electron chi connectivity index (χ0n) is 10.8. The fraction of sp³-hybridized carbons (Fsp3) is 0.154. The predicted molar refractivity (Wildman–Crippen MR) is 90.0 cm³/mol. The molecule has 0 aromatic heterocycles. The topological polar surface area (TPSA) is 77.8 Å². The number of amides is 1. The summed E-state index contributed by atoms with van der Waals surface area (Å²) in [6.45, 7) is -0.734. The minimum absolute atomic E-state index is 0.0564. The molecule has 9 heteroatoms. The normalized spacial score (nSPS) is 18.1. The van der Waals surface area contributed by atoms with Crippen LogP contribution in [0.1, 0.15) is 5.56 Å². The molecule has 2 N–H and O–H groups in total. The van der Waals surface area contributed by atoms with Crippen LogP contribution < -0.4 is 0 Å². The van der Waals surface area contributed by atoms with Crippen molar-refractivity contribution < 1.29 is 19.8 Å². The first kappa shape index (κ1) is 17.2. The van der Waals surface area contributed by atoms with Crippen molar-refractivity contribution in [3.63, 3.8) is 0 Å². The number of benzene rings is 1. The maximum Gasteiger partial charge on any atom is 0.329 e. The van der Waals surface area contributed by atoms with Crippen LogP contribution in [0.3, 0.4) is 0 Å². The molecule has 116 valence electrons. The molecular formula is C13H9Cl2NO4S2. The molecule has 0 bridgehead atoms. The number of carbonyl (C=O) groups excluding carboxylic acids is 1. The lowest BCUT2D eigenvalue weighted by molar-refractivity contribution is -0.146. The van der Waals surface area contributed by atoms with Gasteiger partial charge in [0, 0.05) is 15.6 Å². The average molecular weight is 378 g/mol. The summed E-state index contributed by atoms with van der Waals surface area (Å²) in [5, 5.41) is 18.9. The zero-order chi connectivity index (χ0) is 16.4. The van der Waals surface area contributed by atoms with E-state index in [1.165, 1.54) is 6.08 Å². The highest BCUT2D eigenvalue weighted by Crippen LogP contribution is 2.36.